The molecule has 0 heterocycles. The Kier molecular flexibility index (Phi) is 3.72. The van der Waals surface area contributed by atoms with E-state index in [0.29, 0.717) is 10.8 Å². The second-order valence-corrected chi connectivity index (χ2v) is 7.64. The van der Waals surface area contributed by atoms with Crippen molar-refractivity contribution in [1.82, 2.24) is 0 Å². The zero-order valence-electron chi connectivity index (χ0n) is 12.0. The fourth-order valence-electron chi connectivity index (χ4n) is 2.52. The topological polar surface area (TPSA) is 46.2 Å². The maximum atomic E-state index is 11.6. The summed E-state index contributed by atoms with van der Waals surface area (Å²) in [6, 6.07) is 15.5. The van der Waals surface area contributed by atoms with E-state index in [9.17, 15) is 8.42 Å². The molecule has 1 fully saturated rings. The molecule has 0 radical (unpaired) electrons. The van der Waals surface area contributed by atoms with Gasteiger partial charge in [0.25, 0.3) is 0 Å². The summed E-state index contributed by atoms with van der Waals surface area (Å²) in [6.07, 6.45) is 3.79. The summed E-state index contributed by atoms with van der Waals surface area (Å²) < 4.78 is 23.2. The standard InChI is InChI=1S/C17H19NO2S/c1-21(19,20)16-7-4-6-15(11-16)18-12-14-5-2-3-8-17(14)13-9-10-13/h2-8,11,13,18H,9-10,12H2,1H3. The van der Waals surface area contributed by atoms with E-state index in [1.165, 1.54) is 30.2 Å². The highest BCUT2D eigenvalue weighted by Gasteiger charge is 2.25. The van der Waals surface area contributed by atoms with Crippen molar-refractivity contribution in [2.45, 2.75) is 30.2 Å². The zero-order chi connectivity index (χ0) is 14.9. The van der Waals surface area contributed by atoms with Crippen molar-refractivity contribution < 1.29 is 8.42 Å². The Morgan fingerprint density at radius 3 is 2.57 bits per heavy atom. The lowest BCUT2D eigenvalue weighted by Crippen LogP contribution is -2.04. The number of anilines is 1. The third-order valence-electron chi connectivity index (χ3n) is 3.82. The number of hydrogen-bond acceptors (Lipinski definition) is 3. The van der Waals surface area contributed by atoms with Crippen molar-refractivity contribution in [2.75, 3.05) is 11.6 Å². The first kappa shape index (κ1) is 14.1. The Morgan fingerprint density at radius 1 is 1.10 bits per heavy atom. The first-order valence-corrected chi connectivity index (χ1v) is 9.05. The number of sulfone groups is 1. The maximum Gasteiger partial charge on any atom is 0.175 e. The molecule has 0 aliphatic heterocycles. The molecule has 0 bridgehead atoms. The van der Waals surface area contributed by atoms with E-state index in [0.717, 1.165) is 12.2 Å². The van der Waals surface area contributed by atoms with Crippen LogP contribution in [-0.2, 0) is 16.4 Å². The van der Waals surface area contributed by atoms with Gasteiger partial charge in [-0.1, -0.05) is 30.3 Å². The molecule has 1 aliphatic rings. The number of benzene rings is 2. The zero-order valence-corrected chi connectivity index (χ0v) is 12.9. The Morgan fingerprint density at radius 2 is 1.86 bits per heavy atom. The van der Waals surface area contributed by atoms with E-state index in [2.05, 4.69) is 29.6 Å². The van der Waals surface area contributed by atoms with Gasteiger partial charge in [-0.2, -0.15) is 0 Å². The molecular weight excluding hydrogens is 282 g/mol. The highest BCUT2D eigenvalue weighted by Crippen LogP contribution is 2.41. The molecule has 3 rings (SSSR count). The predicted octanol–water partition coefficient (Wildman–Crippen LogP) is 3.58. The fourth-order valence-corrected chi connectivity index (χ4v) is 3.19. The van der Waals surface area contributed by atoms with Gasteiger partial charge in [-0.15, -0.1) is 0 Å². The van der Waals surface area contributed by atoms with E-state index in [-0.39, 0.29) is 0 Å². The molecule has 0 spiro atoms. The first-order chi connectivity index (χ1) is 10.0. The summed E-state index contributed by atoms with van der Waals surface area (Å²) in [4.78, 5) is 0.350. The predicted molar refractivity (Wildman–Crippen MR) is 85.3 cm³/mol. The van der Waals surface area contributed by atoms with Crippen LogP contribution >= 0.6 is 0 Å². The van der Waals surface area contributed by atoms with Crippen LogP contribution in [0.5, 0.6) is 0 Å². The third kappa shape index (κ3) is 3.45. The van der Waals surface area contributed by atoms with Crippen molar-refractivity contribution in [1.29, 1.82) is 0 Å². The first-order valence-electron chi connectivity index (χ1n) is 7.16. The lowest BCUT2D eigenvalue weighted by molar-refractivity contribution is 0.602. The summed E-state index contributed by atoms with van der Waals surface area (Å²) >= 11 is 0. The highest BCUT2D eigenvalue weighted by molar-refractivity contribution is 7.90. The molecule has 2 aromatic rings. The third-order valence-corrected chi connectivity index (χ3v) is 4.93. The van der Waals surface area contributed by atoms with Crippen LogP contribution in [0.2, 0.25) is 0 Å². The van der Waals surface area contributed by atoms with Crippen molar-refractivity contribution in [3.05, 3.63) is 59.7 Å². The average Bonchev–Trinajstić information content (AvgIpc) is 3.29. The van der Waals surface area contributed by atoms with Crippen molar-refractivity contribution in [3.8, 4) is 0 Å². The lowest BCUT2D eigenvalue weighted by atomic mass is 10.0. The smallest absolute Gasteiger partial charge is 0.175 e. The Bertz CT molecular complexity index is 749. The molecule has 1 saturated carbocycles. The van der Waals surface area contributed by atoms with E-state index in [1.54, 1.807) is 18.2 Å². The summed E-state index contributed by atoms with van der Waals surface area (Å²) in [7, 11) is -3.16. The van der Waals surface area contributed by atoms with E-state index >= 15 is 0 Å². The summed E-state index contributed by atoms with van der Waals surface area (Å²) in [5, 5.41) is 3.33. The summed E-state index contributed by atoms with van der Waals surface area (Å²) in [5.41, 5.74) is 3.55. The van der Waals surface area contributed by atoms with E-state index < -0.39 is 9.84 Å². The Labute approximate surface area is 125 Å². The molecule has 21 heavy (non-hydrogen) atoms. The Hall–Kier alpha value is -1.81. The summed E-state index contributed by atoms with van der Waals surface area (Å²) in [5.74, 6) is 0.713. The van der Waals surface area contributed by atoms with Gasteiger partial charge in [0, 0.05) is 18.5 Å². The molecule has 2 aromatic carbocycles. The minimum atomic E-state index is -3.16. The van der Waals surface area contributed by atoms with Gasteiger partial charge in [0.05, 0.1) is 4.90 Å². The van der Waals surface area contributed by atoms with Gasteiger partial charge in [-0.05, 0) is 48.1 Å². The molecule has 0 aromatic heterocycles. The van der Waals surface area contributed by atoms with Crippen molar-refractivity contribution in [3.63, 3.8) is 0 Å². The van der Waals surface area contributed by atoms with E-state index in [4.69, 9.17) is 0 Å². The maximum absolute atomic E-state index is 11.6. The minimum Gasteiger partial charge on any atom is -0.381 e. The van der Waals surface area contributed by atoms with Crippen LogP contribution in [0.15, 0.2) is 53.4 Å². The molecule has 4 heteroatoms. The summed E-state index contributed by atoms with van der Waals surface area (Å²) in [6.45, 7) is 0.722. The molecule has 3 nitrogen and oxygen atoms in total. The van der Waals surface area contributed by atoms with Crippen molar-refractivity contribution >= 4 is 15.5 Å². The van der Waals surface area contributed by atoms with Crippen LogP contribution in [0.3, 0.4) is 0 Å². The van der Waals surface area contributed by atoms with Crippen LogP contribution in [0.4, 0.5) is 5.69 Å². The minimum absolute atomic E-state index is 0.350. The van der Waals surface area contributed by atoms with Gasteiger partial charge in [0.15, 0.2) is 9.84 Å². The fraction of sp³-hybridized carbons (Fsp3) is 0.294. The average molecular weight is 301 g/mol. The van der Waals surface area contributed by atoms with Gasteiger partial charge >= 0.3 is 0 Å². The molecule has 0 unspecified atom stereocenters. The number of nitrogens with one attached hydrogen (secondary N) is 1. The van der Waals surface area contributed by atoms with Crippen LogP contribution < -0.4 is 5.32 Å². The molecule has 0 atom stereocenters. The lowest BCUT2D eigenvalue weighted by Gasteiger charge is -2.11. The molecule has 1 aliphatic carbocycles. The SMILES string of the molecule is CS(=O)(=O)c1cccc(NCc2ccccc2C2CC2)c1. The van der Waals surface area contributed by atoms with Gasteiger partial charge in [-0.25, -0.2) is 8.42 Å². The highest BCUT2D eigenvalue weighted by atomic mass is 32.2. The Balaban J connectivity index is 1.76. The monoisotopic (exact) mass is 301 g/mol. The second kappa shape index (κ2) is 5.53. The van der Waals surface area contributed by atoms with Crippen LogP contribution in [-0.4, -0.2) is 14.7 Å². The van der Waals surface area contributed by atoms with Gasteiger partial charge in [-0.3, -0.25) is 0 Å². The van der Waals surface area contributed by atoms with E-state index in [1.807, 2.05) is 6.07 Å². The molecule has 1 N–H and O–H groups in total. The van der Waals surface area contributed by atoms with Crippen LogP contribution in [0, 0.1) is 0 Å². The molecule has 0 amide bonds. The molecule has 110 valence electrons. The normalized spacial score (nSPS) is 14.9. The number of rotatable bonds is 5. The largest absolute Gasteiger partial charge is 0.381 e. The van der Waals surface area contributed by atoms with Crippen molar-refractivity contribution in [2.24, 2.45) is 0 Å². The molecular formula is C17H19NO2S. The van der Waals surface area contributed by atoms with Gasteiger partial charge < -0.3 is 5.32 Å². The molecule has 0 saturated heterocycles. The van der Waals surface area contributed by atoms with Crippen LogP contribution in [0.1, 0.15) is 29.9 Å². The number of hydrogen-bond donors (Lipinski definition) is 1. The van der Waals surface area contributed by atoms with Gasteiger partial charge in [0.1, 0.15) is 0 Å². The quantitative estimate of drug-likeness (QED) is 0.918. The second-order valence-electron chi connectivity index (χ2n) is 5.63. The van der Waals surface area contributed by atoms with Crippen LogP contribution in [0.25, 0.3) is 0 Å². The van der Waals surface area contributed by atoms with Gasteiger partial charge in [0.2, 0.25) is 0 Å².